The molecule has 2 saturated heterocycles. The van der Waals surface area contributed by atoms with Crippen LogP contribution in [0.2, 0.25) is 0 Å². The Bertz CT molecular complexity index is 708. The molecule has 0 spiro atoms. The number of fused-ring (bicyclic) bond motifs is 2. The van der Waals surface area contributed by atoms with Crippen LogP contribution in [0.25, 0.3) is 0 Å². The molecular formula is C18H23N3O4. The number of likely N-dealkylation sites (N-methyl/N-ethyl adjacent to an activating group) is 1. The van der Waals surface area contributed by atoms with Crippen molar-refractivity contribution in [1.82, 2.24) is 15.1 Å². The number of hydrogen-bond donors (Lipinski definition) is 1. The van der Waals surface area contributed by atoms with Crippen molar-refractivity contribution in [2.24, 2.45) is 5.92 Å². The second-order valence-corrected chi connectivity index (χ2v) is 7.00. The lowest BCUT2D eigenvalue weighted by Crippen LogP contribution is -2.49. The Hall–Kier alpha value is -2.28. The molecule has 1 N–H and O–H groups in total. The van der Waals surface area contributed by atoms with Gasteiger partial charge in [-0.05, 0) is 30.0 Å². The molecule has 3 heterocycles. The Kier molecular flexibility index (Phi) is 4.03. The highest BCUT2D eigenvalue weighted by atomic mass is 16.7. The summed E-state index contributed by atoms with van der Waals surface area (Å²) < 4.78 is 10.8. The molecule has 3 aliphatic rings. The van der Waals surface area contributed by atoms with Crippen molar-refractivity contribution in [1.29, 1.82) is 0 Å². The Labute approximate surface area is 146 Å². The summed E-state index contributed by atoms with van der Waals surface area (Å²) in [6, 6.07) is 5.81. The van der Waals surface area contributed by atoms with E-state index in [2.05, 4.69) is 16.3 Å². The van der Waals surface area contributed by atoms with E-state index in [0.29, 0.717) is 5.92 Å². The molecule has 3 aliphatic heterocycles. The smallest absolute Gasteiger partial charge is 0.242 e. The lowest BCUT2D eigenvalue weighted by Gasteiger charge is -2.28. The van der Waals surface area contributed by atoms with E-state index < -0.39 is 0 Å². The number of amides is 2. The van der Waals surface area contributed by atoms with Crippen LogP contribution in [0.4, 0.5) is 0 Å². The van der Waals surface area contributed by atoms with Crippen LogP contribution < -0.4 is 14.8 Å². The molecule has 0 saturated carbocycles. The molecule has 0 aromatic heterocycles. The third-order valence-electron chi connectivity index (χ3n) is 5.46. The predicted octanol–water partition coefficient (Wildman–Crippen LogP) is 0.582. The van der Waals surface area contributed by atoms with Gasteiger partial charge in [-0.3, -0.25) is 14.5 Å². The van der Waals surface area contributed by atoms with E-state index in [0.717, 1.165) is 37.6 Å². The number of hydrogen-bond acceptors (Lipinski definition) is 5. The lowest BCUT2D eigenvalue weighted by atomic mass is 10.0. The van der Waals surface area contributed by atoms with Gasteiger partial charge in [0.2, 0.25) is 18.6 Å². The van der Waals surface area contributed by atoms with Crippen LogP contribution >= 0.6 is 0 Å². The minimum Gasteiger partial charge on any atom is -0.454 e. The average molecular weight is 345 g/mol. The molecule has 1 aromatic carbocycles. The van der Waals surface area contributed by atoms with Crippen molar-refractivity contribution in [2.75, 3.05) is 26.9 Å². The fraction of sp³-hybridized carbons (Fsp3) is 0.556. The third-order valence-corrected chi connectivity index (χ3v) is 5.46. The molecule has 4 rings (SSSR count). The number of nitrogens with zero attached hydrogens (tertiary/aromatic N) is 2. The number of benzene rings is 1. The van der Waals surface area contributed by atoms with E-state index in [9.17, 15) is 9.59 Å². The summed E-state index contributed by atoms with van der Waals surface area (Å²) in [5.74, 6) is 1.85. The lowest BCUT2D eigenvalue weighted by molar-refractivity contribution is -0.138. The van der Waals surface area contributed by atoms with Gasteiger partial charge in [0.15, 0.2) is 11.5 Å². The Morgan fingerprint density at radius 2 is 2.04 bits per heavy atom. The Balaban J connectivity index is 1.45. The highest BCUT2D eigenvalue weighted by Crippen LogP contribution is 2.37. The highest BCUT2D eigenvalue weighted by Gasteiger charge is 2.49. The van der Waals surface area contributed by atoms with Crippen molar-refractivity contribution in [2.45, 2.75) is 32.0 Å². The summed E-state index contributed by atoms with van der Waals surface area (Å²) in [7, 11) is 1.63. The molecule has 0 aliphatic carbocycles. The number of carbonyl (C=O) groups excluding carboxylic acids is 2. The number of nitrogens with one attached hydrogen (secondary N) is 1. The van der Waals surface area contributed by atoms with Gasteiger partial charge in [-0.15, -0.1) is 0 Å². The molecular weight excluding hydrogens is 322 g/mol. The van der Waals surface area contributed by atoms with Crippen LogP contribution in [0.3, 0.4) is 0 Å². The SMILES string of the molecule is CNC(=O)[C@H]1CC2CN(Cc3ccc4c(c3)OCO4)CC2N1C(C)=O. The molecule has 0 bridgehead atoms. The standard InChI is InChI=1S/C18H23N3O4/c1-11(22)21-14(18(23)19-2)6-13-8-20(9-15(13)21)7-12-3-4-16-17(5-12)25-10-24-16/h3-5,13-15H,6-10H2,1-2H3,(H,19,23)/t13?,14-,15?/m1/s1. The molecule has 3 atom stereocenters. The summed E-state index contributed by atoms with van der Waals surface area (Å²) in [6.07, 6.45) is 0.738. The monoisotopic (exact) mass is 345 g/mol. The minimum absolute atomic E-state index is 0.0222. The first kappa shape index (κ1) is 16.2. The van der Waals surface area contributed by atoms with E-state index >= 15 is 0 Å². The minimum atomic E-state index is -0.329. The molecule has 134 valence electrons. The molecule has 7 nitrogen and oxygen atoms in total. The van der Waals surface area contributed by atoms with Gasteiger partial charge in [0.1, 0.15) is 6.04 Å². The summed E-state index contributed by atoms with van der Waals surface area (Å²) >= 11 is 0. The van der Waals surface area contributed by atoms with E-state index in [1.54, 1.807) is 18.9 Å². The first-order valence-corrected chi connectivity index (χ1v) is 8.68. The van der Waals surface area contributed by atoms with Crippen molar-refractivity contribution in [3.63, 3.8) is 0 Å². The first-order valence-electron chi connectivity index (χ1n) is 8.68. The number of carbonyl (C=O) groups is 2. The fourth-order valence-electron chi connectivity index (χ4n) is 4.40. The van der Waals surface area contributed by atoms with E-state index in [1.165, 1.54) is 5.56 Å². The zero-order chi connectivity index (χ0) is 17.6. The van der Waals surface area contributed by atoms with E-state index in [1.807, 2.05) is 12.1 Å². The van der Waals surface area contributed by atoms with Gasteiger partial charge in [0.05, 0.1) is 0 Å². The normalized spacial score (nSPS) is 27.4. The van der Waals surface area contributed by atoms with Crippen LogP contribution in [0, 0.1) is 5.92 Å². The zero-order valence-corrected chi connectivity index (χ0v) is 14.5. The van der Waals surface area contributed by atoms with Crippen molar-refractivity contribution in [3.05, 3.63) is 23.8 Å². The molecule has 2 amide bonds. The van der Waals surface area contributed by atoms with Crippen LogP contribution in [-0.2, 0) is 16.1 Å². The van der Waals surface area contributed by atoms with Crippen molar-refractivity contribution < 1.29 is 19.1 Å². The van der Waals surface area contributed by atoms with Crippen LogP contribution in [-0.4, -0.2) is 60.6 Å². The second-order valence-electron chi connectivity index (χ2n) is 7.00. The van der Waals surface area contributed by atoms with Gasteiger partial charge >= 0.3 is 0 Å². The van der Waals surface area contributed by atoms with Gasteiger partial charge in [-0.2, -0.15) is 0 Å². The molecule has 7 heteroatoms. The fourth-order valence-corrected chi connectivity index (χ4v) is 4.40. The summed E-state index contributed by atoms with van der Waals surface area (Å²) in [6.45, 7) is 4.34. The summed E-state index contributed by atoms with van der Waals surface area (Å²) in [5, 5.41) is 2.68. The molecule has 2 fully saturated rings. The van der Waals surface area contributed by atoms with E-state index in [4.69, 9.17) is 9.47 Å². The van der Waals surface area contributed by atoms with Crippen molar-refractivity contribution >= 4 is 11.8 Å². The van der Waals surface area contributed by atoms with Gasteiger partial charge < -0.3 is 19.7 Å². The molecule has 25 heavy (non-hydrogen) atoms. The second kappa shape index (κ2) is 6.22. The van der Waals surface area contributed by atoms with Crippen LogP contribution in [0.5, 0.6) is 11.5 Å². The summed E-state index contributed by atoms with van der Waals surface area (Å²) in [4.78, 5) is 28.3. The van der Waals surface area contributed by atoms with Gasteiger partial charge in [0, 0.05) is 39.6 Å². The number of likely N-dealkylation sites (tertiary alicyclic amines) is 2. The molecule has 2 unspecified atom stereocenters. The zero-order valence-electron chi connectivity index (χ0n) is 14.5. The summed E-state index contributed by atoms with van der Waals surface area (Å²) in [5.41, 5.74) is 1.17. The average Bonchev–Trinajstić information content (AvgIpc) is 3.26. The Morgan fingerprint density at radius 1 is 1.24 bits per heavy atom. The largest absolute Gasteiger partial charge is 0.454 e. The number of rotatable bonds is 3. The van der Waals surface area contributed by atoms with Gasteiger partial charge in [0.25, 0.3) is 0 Å². The maximum atomic E-state index is 12.1. The topological polar surface area (TPSA) is 71.1 Å². The Morgan fingerprint density at radius 3 is 2.80 bits per heavy atom. The maximum absolute atomic E-state index is 12.1. The van der Waals surface area contributed by atoms with Crippen LogP contribution in [0.15, 0.2) is 18.2 Å². The first-order chi connectivity index (χ1) is 12.1. The molecule has 1 aromatic rings. The quantitative estimate of drug-likeness (QED) is 0.868. The van der Waals surface area contributed by atoms with Crippen molar-refractivity contribution in [3.8, 4) is 11.5 Å². The molecule has 0 radical (unpaired) electrons. The highest BCUT2D eigenvalue weighted by molar-refractivity contribution is 5.87. The van der Waals surface area contributed by atoms with E-state index in [-0.39, 0.29) is 30.7 Å². The third kappa shape index (κ3) is 2.82. The maximum Gasteiger partial charge on any atom is 0.242 e. The van der Waals surface area contributed by atoms with Gasteiger partial charge in [-0.1, -0.05) is 6.07 Å². The van der Waals surface area contributed by atoms with Crippen LogP contribution in [0.1, 0.15) is 18.9 Å². The number of ether oxygens (including phenoxy) is 2. The predicted molar refractivity (Wildman–Crippen MR) is 90.1 cm³/mol. The van der Waals surface area contributed by atoms with Gasteiger partial charge in [-0.25, -0.2) is 0 Å².